The van der Waals surface area contributed by atoms with Gasteiger partial charge in [-0.1, -0.05) is 195 Å². The second-order valence-electron chi connectivity index (χ2n) is 20.7. The van der Waals surface area contributed by atoms with Crippen LogP contribution >= 0.6 is 0 Å². The van der Waals surface area contributed by atoms with Crippen molar-refractivity contribution in [3.8, 4) is 34.5 Å². The minimum Gasteiger partial charge on any atom is -0.490 e. The van der Waals surface area contributed by atoms with E-state index in [-0.39, 0.29) is 0 Å². The maximum atomic E-state index is 9.13. The minimum absolute atomic E-state index is 0.305. The van der Waals surface area contributed by atoms with E-state index >= 15 is 0 Å². The standard InChI is InChI=1S/C64H104O8/c1-5-9-13-33-41-67-59-47-53-54-48-60(68-42-34-14-10-6-2)62(70-44-36-16-12-8-4)50-56(54)58-52-64(72-46-38-30-26-22-18-20-24-28-32-40-66)63(71-45-37-29-25-21-17-19-23-27-31-39-65)51-57(58)55(53)49-61(59)69-43-35-15-11-7-3/h47-52,65-66H,5-46H2,1-4H3. The number of unbranched alkanes of at least 4 members (excludes halogenated alkanes) is 28. The van der Waals surface area contributed by atoms with Gasteiger partial charge in [0.1, 0.15) is 0 Å². The van der Waals surface area contributed by atoms with Gasteiger partial charge in [-0.15, -0.1) is 0 Å². The molecule has 408 valence electrons. The Morgan fingerprint density at radius 1 is 0.222 bits per heavy atom. The summed E-state index contributed by atoms with van der Waals surface area (Å²) in [5, 5.41) is 24.9. The summed E-state index contributed by atoms with van der Waals surface area (Å²) in [5.41, 5.74) is 0. The second-order valence-corrected chi connectivity index (χ2v) is 20.7. The SMILES string of the molecule is CCCCCCOc1cc2c3cc(OCCCCCC)c(OCCCCCC)cc3c3cc(OCCCCCCCCCCCO)c(OCCCCCCCCCCCO)cc3c2cc1OCCCCCC. The number of aliphatic hydroxyl groups excluding tert-OH is 2. The molecule has 0 aliphatic carbocycles. The van der Waals surface area contributed by atoms with E-state index in [0.717, 1.165) is 170 Å². The largest absolute Gasteiger partial charge is 0.490 e. The molecule has 8 heteroatoms. The van der Waals surface area contributed by atoms with E-state index in [4.69, 9.17) is 38.6 Å². The van der Waals surface area contributed by atoms with E-state index in [0.29, 0.717) is 52.9 Å². The molecular weight excluding hydrogens is 897 g/mol. The lowest BCUT2D eigenvalue weighted by atomic mass is 9.93. The van der Waals surface area contributed by atoms with Gasteiger partial charge in [0.2, 0.25) is 0 Å². The van der Waals surface area contributed by atoms with Crippen LogP contribution in [0.15, 0.2) is 36.4 Å². The molecule has 0 radical (unpaired) electrons. The third-order valence-electron chi connectivity index (χ3n) is 14.3. The summed E-state index contributed by atoms with van der Waals surface area (Å²) >= 11 is 0. The Kier molecular flexibility index (Phi) is 33.7. The molecule has 0 saturated heterocycles. The van der Waals surface area contributed by atoms with Crippen molar-refractivity contribution in [3.63, 3.8) is 0 Å². The van der Waals surface area contributed by atoms with Gasteiger partial charge in [0.15, 0.2) is 34.5 Å². The van der Waals surface area contributed by atoms with Crippen LogP contribution in [0.5, 0.6) is 34.5 Å². The fourth-order valence-electron chi connectivity index (χ4n) is 9.80. The van der Waals surface area contributed by atoms with Crippen molar-refractivity contribution in [1.82, 2.24) is 0 Å². The van der Waals surface area contributed by atoms with E-state index in [1.807, 2.05) is 0 Å². The van der Waals surface area contributed by atoms with Crippen molar-refractivity contribution < 1.29 is 38.6 Å². The molecular formula is C64H104O8. The number of fused-ring (bicyclic) bond motifs is 6. The van der Waals surface area contributed by atoms with Gasteiger partial charge in [-0.25, -0.2) is 0 Å². The van der Waals surface area contributed by atoms with E-state index in [2.05, 4.69) is 64.1 Å². The Labute approximate surface area is 439 Å². The lowest BCUT2D eigenvalue weighted by Gasteiger charge is -2.21. The third kappa shape index (κ3) is 23.3. The highest BCUT2D eigenvalue weighted by atomic mass is 16.5. The number of benzene rings is 4. The Morgan fingerprint density at radius 2 is 0.375 bits per heavy atom. The van der Waals surface area contributed by atoms with Crippen LogP contribution in [0.2, 0.25) is 0 Å². The first kappa shape index (κ1) is 60.9. The van der Waals surface area contributed by atoms with Crippen molar-refractivity contribution in [2.75, 3.05) is 52.9 Å². The van der Waals surface area contributed by atoms with Gasteiger partial charge >= 0.3 is 0 Å². The molecule has 0 amide bonds. The zero-order chi connectivity index (χ0) is 51.1. The van der Waals surface area contributed by atoms with Crippen molar-refractivity contribution >= 4 is 32.3 Å². The monoisotopic (exact) mass is 1000 g/mol. The number of ether oxygens (including phenoxy) is 6. The molecule has 0 fully saturated rings. The highest BCUT2D eigenvalue weighted by Gasteiger charge is 2.21. The predicted molar refractivity (Wildman–Crippen MR) is 306 cm³/mol. The number of hydrogen-bond acceptors (Lipinski definition) is 8. The number of aliphatic hydroxyl groups is 2. The molecule has 0 aromatic heterocycles. The zero-order valence-corrected chi connectivity index (χ0v) is 46.5. The summed E-state index contributed by atoms with van der Waals surface area (Å²) in [6, 6.07) is 13.4. The van der Waals surface area contributed by atoms with Gasteiger partial charge in [-0.05, 0) is 120 Å². The molecule has 4 rings (SSSR count). The fraction of sp³-hybridized carbons (Fsp3) is 0.719. The average Bonchev–Trinajstić information content (AvgIpc) is 3.39. The van der Waals surface area contributed by atoms with E-state index < -0.39 is 0 Å². The molecule has 0 saturated carbocycles. The maximum Gasteiger partial charge on any atom is 0.161 e. The number of hydrogen-bond donors (Lipinski definition) is 2. The molecule has 0 atom stereocenters. The Bertz CT molecular complexity index is 1840. The molecule has 4 aromatic carbocycles. The molecule has 0 aliphatic rings. The van der Waals surface area contributed by atoms with Crippen LogP contribution in [0.1, 0.15) is 246 Å². The molecule has 8 nitrogen and oxygen atoms in total. The highest BCUT2D eigenvalue weighted by molar-refractivity contribution is 6.26. The quantitative estimate of drug-likeness (QED) is 0.0334. The van der Waals surface area contributed by atoms with Crippen molar-refractivity contribution in [2.24, 2.45) is 0 Å². The third-order valence-corrected chi connectivity index (χ3v) is 14.3. The Balaban J connectivity index is 1.80. The van der Waals surface area contributed by atoms with Gasteiger partial charge in [-0.3, -0.25) is 0 Å². The first-order valence-corrected chi connectivity index (χ1v) is 30.1. The summed E-state index contributed by atoms with van der Waals surface area (Å²) in [7, 11) is 0. The maximum absolute atomic E-state index is 9.13. The predicted octanol–water partition coefficient (Wildman–Crippen LogP) is 18.7. The molecule has 72 heavy (non-hydrogen) atoms. The molecule has 0 bridgehead atoms. The normalized spacial score (nSPS) is 11.6. The van der Waals surface area contributed by atoms with Crippen LogP contribution in [-0.4, -0.2) is 63.1 Å². The first-order chi connectivity index (χ1) is 35.6. The molecule has 0 spiro atoms. The van der Waals surface area contributed by atoms with Crippen LogP contribution < -0.4 is 28.4 Å². The van der Waals surface area contributed by atoms with Gasteiger partial charge < -0.3 is 38.6 Å². The Morgan fingerprint density at radius 3 is 0.542 bits per heavy atom. The van der Waals surface area contributed by atoms with Crippen molar-refractivity contribution in [2.45, 2.75) is 246 Å². The van der Waals surface area contributed by atoms with Crippen LogP contribution in [0.4, 0.5) is 0 Å². The zero-order valence-electron chi connectivity index (χ0n) is 46.5. The first-order valence-electron chi connectivity index (χ1n) is 30.1. The Hall–Kier alpha value is -3.62. The number of rotatable bonds is 48. The van der Waals surface area contributed by atoms with E-state index in [9.17, 15) is 0 Å². The summed E-state index contributed by atoms with van der Waals surface area (Å²) in [6.45, 7) is 13.5. The van der Waals surface area contributed by atoms with Gasteiger partial charge in [-0.2, -0.15) is 0 Å². The van der Waals surface area contributed by atoms with Gasteiger partial charge in [0, 0.05) is 13.2 Å². The summed E-state index contributed by atoms with van der Waals surface area (Å²) < 4.78 is 40.4. The minimum atomic E-state index is 0.305. The highest BCUT2D eigenvalue weighted by Crippen LogP contribution is 2.47. The van der Waals surface area contributed by atoms with E-state index in [1.165, 1.54) is 116 Å². The summed E-state index contributed by atoms with van der Waals surface area (Å²) in [6.07, 6.45) is 38.9. The van der Waals surface area contributed by atoms with Gasteiger partial charge in [0.05, 0.1) is 39.6 Å². The topological polar surface area (TPSA) is 95.8 Å². The molecule has 2 N–H and O–H groups in total. The molecule has 0 aliphatic heterocycles. The molecule has 0 heterocycles. The molecule has 4 aromatic rings. The lowest BCUT2D eigenvalue weighted by molar-refractivity contribution is 0.258. The van der Waals surface area contributed by atoms with Crippen LogP contribution in [0, 0.1) is 0 Å². The van der Waals surface area contributed by atoms with Gasteiger partial charge in [0.25, 0.3) is 0 Å². The summed E-state index contributed by atoms with van der Waals surface area (Å²) in [4.78, 5) is 0. The smallest absolute Gasteiger partial charge is 0.161 e. The molecule has 0 unspecified atom stereocenters. The van der Waals surface area contributed by atoms with E-state index in [1.54, 1.807) is 0 Å². The fourth-order valence-corrected chi connectivity index (χ4v) is 9.80. The van der Waals surface area contributed by atoms with Crippen molar-refractivity contribution in [3.05, 3.63) is 36.4 Å². The van der Waals surface area contributed by atoms with Crippen molar-refractivity contribution in [1.29, 1.82) is 0 Å². The lowest BCUT2D eigenvalue weighted by Crippen LogP contribution is -2.05. The van der Waals surface area contributed by atoms with Crippen LogP contribution in [-0.2, 0) is 0 Å². The second kappa shape index (κ2) is 39.8. The van der Waals surface area contributed by atoms with Crippen LogP contribution in [0.3, 0.4) is 0 Å². The van der Waals surface area contributed by atoms with Crippen LogP contribution in [0.25, 0.3) is 32.3 Å². The average molecular weight is 1000 g/mol. The summed E-state index contributed by atoms with van der Waals surface area (Å²) in [5.74, 6) is 4.81.